The molecule has 4 aromatic rings. The van der Waals surface area contributed by atoms with Crippen molar-refractivity contribution >= 4 is 28.4 Å². The number of hydrogen-bond acceptors (Lipinski definition) is 6. The summed E-state index contributed by atoms with van der Waals surface area (Å²) in [5.74, 6) is 0.658. The number of rotatable bonds is 5. The van der Waals surface area contributed by atoms with Gasteiger partial charge in [0.2, 0.25) is 4.80 Å². The van der Waals surface area contributed by atoms with Crippen LogP contribution in [-0.2, 0) is 0 Å². The fourth-order valence-corrected chi connectivity index (χ4v) is 3.90. The molecule has 0 fully saturated rings. The highest BCUT2D eigenvalue weighted by molar-refractivity contribution is 7.07. The first-order chi connectivity index (χ1) is 14.9. The van der Waals surface area contributed by atoms with Gasteiger partial charge in [-0.05, 0) is 62.2 Å². The molecule has 8 heteroatoms. The molecule has 0 aliphatic heterocycles. The lowest BCUT2D eigenvalue weighted by Gasteiger charge is -2.06. The third kappa shape index (κ3) is 4.39. The second-order valence-electron chi connectivity index (χ2n) is 7.08. The van der Waals surface area contributed by atoms with Gasteiger partial charge in [0.15, 0.2) is 0 Å². The van der Waals surface area contributed by atoms with Crippen LogP contribution in [0.2, 0.25) is 0 Å². The van der Waals surface area contributed by atoms with E-state index in [4.69, 9.17) is 14.5 Å². The topological polar surface area (TPSA) is 85.9 Å². The van der Waals surface area contributed by atoms with Crippen LogP contribution in [0.1, 0.15) is 23.8 Å². The normalized spacial score (nSPS) is 12.4. The summed E-state index contributed by atoms with van der Waals surface area (Å²) in [6.45, 7) is 5.91. The molecule has 31 heavy (non-hydrogen) atoms. The van der Waals surface area contributed by atoms with Gasteiger partial charge in [0.25, 0.3) is 5.69 Å². The Kier molecular flexibility index (Phi) is 5.64. The minimum absolute atomic E-state index is 0.0427. The standard InChI is InChI=1S/C23H20N4O3S/c1-15-6-7-16(2)20(13-15)24-23-26(25-17(3)22-5-4-12-30-22)21(14-31-23)18-8-10-19(11-9-18)27(28)29/h4-14H,1-3H3. The highest BCUT2D eigenvalue weighted by Gasteiger charge is 2.12. The molecule has 0 saturated carbocycles. The van der Waals surface area contributed by atoms with Crippen LogP contribution in [0.4, 0.5) is 11.4 Å². The maximum Gasteiger partial charge on any atom is 0.269 e. The molecule has 156 valence electrons. The molecular formula is C23H20N4O3S. The van der Waals surface area contributed by atoms with Crippen molar-refractivity contribution in [1.82, 2.24) is 4.68 Å². The predicted octanol–water partition coefficient (Wildman–Crippen LogP) is 5.84. The first-order valence-electron chi connectivity index (χ1n) is 9.59. The lowest BCUT2D eigenvalue weighted by molar-refractivity contribution is -0.384. The molecule has 0 saturated heterocycles. The molecule has 2 aromatic heterocycles. The van der Waals surface area contributed by atoms with E-state index < -0.39 is 4.92 Å². The van der Waals surface area contributed by atoms with Crippen molar-refractivity contribution in [2.75, 3.05) is 0 Å². The van der Waals surface area contributed by atoms with Crippen LogP contribution < -0.4 is 4.80 Å². The van der Waals surface area contributed by atoms with Crippen LogP contribution in [0.15, 0.2) is 80.8 Å². The molecule has 0 N–H and O–H groups in total. The molecule has 2 heterocycles. The molecule has 0 spiro atoms. The highest BCUT2D eigenvalue weighted by Crippen LogP contribution is 2.25. The predicted molar refractivity (Wildman–Crippen MR) is 122 cm³/mol. The molecule has 0 aliphatic carbocycles. The fraction of sp³-hybridized carbons (Fsp3) is 0.130. The smallest absolute Gasteiger partial charge is 0.269 e. The molecule has 0 atom stereocenters. The molecule has 7 nitrogen and oxygen atoms in total. The van der Waals surface area contributed by atoms with E-state index >= 15 is 0 Å². The van der Waals surface area contributed by atoms with E-state index in [0.717, 1.165) is 28.1 Å². The fourth-order valence-electron chi connectivity index (χ4n) is 3.05. The zero-order valence-electron chi connectivity index (χ0n) is 17.3. The molecule has 0 bridgehead atoms. The summed E-state index contributed by atoms with van der Waals surface area (Å²) in [7, 11) is 0. The Morgan fingerprint density at radius 3 is 2.58 bits per heavy atom. The van der Waals surface area contributed by atoms with Crippen molar-refractivity contribution < 1.29 is 9.34 Å². The summed E-state index contributed by atoms with van der Waals surface area (Å²) in [5.41, 5.74) is 5.38. The number of nitro benzene ring substituents is 1. The quantitative estimate of drug-likeness (QED) is 0.225. The molecule has 2 aromatic carbocycles. The maximum atomic E-state index is 11.0. The van der Waals surface area contributed by atoms with E-state index in [9.17, 15) is 10.1 Å². The van der Waals surface area contributed by atoms with Gasteiger partial charge >= 0.3 is 0 Å². The highest BCUT2D eigenvalue weighted by atomic mass is 32.1. The van der Waals surface area contributed by atoms with E-state index in [-0.39, 0.29) is 5.69 Å². The number of non-ortho nitro benzene ring substituents is 1. The van der Waals surface area contributed by atoms with Gasteiger partial charge in [-0.1, -0.05) is 12.1 Å². The summed E-state index contributed by atoms with van der Waals surface area (Å²) in [5, 5.41) is 17.7. The number of furan rings is 1. The Morgan fingerprint density at radius 1 is 1.13 bits per heavy atom. The van der Waals surface area contributed by atoms with Crippen LogP contribution in [0.3, 0.4) is 0 Å². The number of hydrogen-bond donors (Lipinski definition) is 0. The Labute approximate surface area is 182 Å². The molecule has 0 aliphatic rings. The van der Waals surface area contributed by atoms with Crippen LogP contribution in [0.5, 0.6) is 0 Å². The molecule has 4 rings (SSSR count). The van der Waals surface area contributed by atoms with Crippen LogP contribution in [0.25, 0.3) is 11.3 Å². The number of nitrogens with zero attached hydrogens (tertiary/aromatic N) is 4. The molecular weight excluding hydrogens is 412 g/mol. The zero-order valence-corrected chi connectivity index (χ0v) is 18.1. The maximum absolute atomic E-state index is 11.0. The Bertz CT molecular complexity index is 1330. The third-order valence-corrected chi connectivity index (χ3v) is 5.58. The van der Waals surface area contributed by atoms with Gasteiger partial charge < -0.3 is 4.42 Å². The monoisotopic (exact) mass is 432 g/mol. The second kappa shape index (κ2) is 8.53. The summed E-state index contributed by atoms with van der Waals surface area (Å²) in [4.78, 5) is 16.2. The van der Waals surface area contributed by atoms with Gasteiger partial charge in [0.05, 0.1) is 22.6 Å². The van der Waals surface area contributed by atoms with Gasteiger partial charge in [0, 0.05) is 23.1 Å². The summed E-state index contributed by atoms with van der Waals surface area (Å²) in [6, 6.07) is 16.2. The second-order valence-corrected chi connectivity index (χ2v) is 7.92. The minimum Gasteiger partial charge on any atom is -0.463 e. The van der Waals surface area contributed by atoms with Crippen molar-refractivity contribution in [3.05, 3.63) is 98.0 Å². The van der Waals surface area contributed by atoms with Gasteiger partial charge in [-0.15, -0.1) is 11.3 Å². The SMILES string of the molecule is CC(=Nn1c(-c2ccc([N+](=O)[O-])cc2)csc1=Nc1cc(C)ccc1C)c1ccco1. The Balaban J connectivity index is 1.90. The van der Waals surface area contributed by atoms with E-state index in [1.165, 1.54) is 23.5 Å². The van der Waals surface area contributed by atoms with E-state index in [1.807, 2.05) is 50.4 Å². The number of nitro groups is 1. The average Bonchev–Trinajstić information content (AvgIpc) is 3.42. The van der Waals surface area contributed by atoms with Gasteiger partial charge in [-0.2, -0.15) is 5.10 Å². The van der Waals surface area contributed by atoms with E-state index in [0.29, 0.717) is 16.3 Å². The van der Waals surface area contributed by atoms with Crippen molar-refractivity contribution in [1.29, 1.82) is 0 Å². The lowest BCUT2D eigenvalue weighted by Crippen LogP contribution is -2.13. The van der Waals surface area contributed by atoms with Crippen molar-refractivity contribution in [2.45, 2.75) is 20.8 Å². The number of aromatic nitrogens is 1. The van der Waals surface area contributed by atoms with Crippen LogP contribution >= 0.6 is 11.3 Å². The Morgan fingerprint density at radius 2 is 1.90 bits per heavy atom. The van der Waals surface area contributed by atoms with Gasteiger partial charge in [0.1, 0.15) is 11.5 Å². The first-order valence-corrected chi connectivity index (χ1v) is 10.5. The van der Waals surface area contributed by atoms with Gasteiger partial charge in [-0.3, -0.25) is 10.1 Å². The number of benzene rings is 2. The summed E-state index contributed by atoms with van der Waals surface area (Å²) >= 11 is 1.45. The zero-order chi connectivity index (χ0) is 22.0. The van der Waals surface area contributed by atoms with Crippen molar-refractivity contribution in [3.63, 3.8) is 0 Å². The van der Waals surface area contributed by atoms with Crippen LogP contribution in [0, 0.1) is 24.0 Å². The third-order valence-electron chi connectivity index (χ3n) is 4.77. The molecule has 0 unspecified atom stereocenters. The Hall–Kier alpha value is -3.78. The molecule has 0 amide bonds. The summed E-state index contributed by atoms with van der Waals surface area (Å²) in [6.07, 6.45) is 1.60. The van der Waals surface area contributed by atoms with E-state index in [1.54, 1.807) is 23.1 Å². The number of aryl methyl sites for hydroxylation is 2. The van der Waals surface area contributed by atoms with Crippen molar-refractivity contribution in [2.24, 2.45) is 10.1 Å². The number of thiazole rings is 1. The average molecular weight is 433 g/mol. The largest absolute Gasteiger partial charge is 0.463 e. The van der Waals surface area contributed by atoms with E-state index in [2.05, 4.69) is 6.07 Å². The van der Waals surface area contributed by atoms with Crippen LogP contribution in [-0.4, -0.2) is 15.3 Å². The van der Waals surface area contributed by atoms with Gasteiger partial charge in [-0.25, -0.2) is 9.67 Å². The molecule has 0 radical (unpaired) electrons. The lowest BCUT2D eigenvalue weighted by atomic mass is 10.1. The minimum atomic E-state index is -0.411. The summed E-state index contributed by atoms with van der Waals surface area (Å²) < 4.78 is 7.23. The van der Waals surface area contributed by atoms with Crippen molar-refractivity contribution in [3.8, 4) is 11.3 Å². The first kappa shape index (κ1) is 20.5.